The number of hydrogen-bond donors (Lipinski definition) is 1. The summed E-state index contributed by atoms with van der Waals surface area (Å²) in [7, 11) is 3.47. The lowest BCUT2D eigenvalue weighted by Gasteiger charge is -2.36. The van der Waals surface area contributed by atoms with E-state index in [1.165, 1.54) is 12.8 Å². The van der Waals surface area contributed by atoms with Gasteiger partial charge in [0.2, 0.25) is 0 Å². The zero-order valence-electron chi connectivity index (χ0n) is 21.2. The molecule has 190 valence electrons. The summed E-state index contributed by atoms with van der Waals surface area (Å²) in [4.78, 5) is 30.2. The molecule has 1 aliphatic carbocycles. The number of hydrogen-bond acceptors (Lipinski definition) is 7. The fourth-order valence-corrected chi connectivity index (χ4v) is 4.48. The number of amides is 2. The number of nitrogens with zero attached hydrogens (tertiary/aromatic N) is 3. The number of fused-ring (bicyclic) bond motifs is 1. The molecule has 1 fully saturated rings. The first-order valence-corrected chi connectivity index (χ1v) is 12.3. The maximum absolute atomic E-state index is 13.5. The molecular weight excluding hydrogens is 448 g/mol. The molecule has 0 unspecified atom stereocenters. The van der Waals surface area contributed by atoms with Gasteiger partial charge in [0.05, 0.1) is 11.7 Å². The fraction of sp³-hybridized carbons (Fsp3) is 0.577. The first kappa shape index (κ1) is 25.2. The molecule has 4 rings (SSSR count). The van der Waals surface area contributed by atoms with Gasteiger partial charge in [-0.1, -0.05) is 12.1 Å². The fourth-order valence-electron chi connectivity index (χ4n) is 4.48. The van der Waals surface area contributed by atoms with Crippen molar-refractivity contribution in [3.05, 3.63) is 41.3 Å². The van der Waals surface area contributed by atoms with Crippen LogP contribution in [0.1, 0.15) is 53.3 Å². The second-order valence-corrected chi connectivity index (χ2v) is 9.98. The lowest BCUT2D eigenvalue weighted by molar-refractivity contribution is 0.00994. The van der Waals surface area contributed by atoms with Crippen LogP contribution in [-0.4, -0.2) is 79.3 Å². The quantitative estimate of drug-likeness (QED) is 0.694. The van der Waals surface area contributed by atoms with Crippen molar-refractivity contribution >= 4 is 17.5 Å². The number of nitrogens with one attached hydrogen (secondary N) is 1. The highest BCUT2D eigenvalue weighted by Gasteiger charge is 2.31. The molecule has 2 heterocycles. The highest BCUT2D eigenvalue weighted by molar-refractivity contribution is 6.04. The third-order valence-corrected chi connectivity index (χ3v) is 6.88. The van der Waals surface area contributed by atoms with E-state index >= 15 is 0 Å². The number of methoxy groups -OCH3 is 1. The topological polar surface area (TPSA) is 97.1 Å². The number of carbonyl (C=O) groups excluding carboxylic acids is 2. The predicted molar refractivity (Wildman–Crippen MR) is 132 cm³/mol. The van der Waals surface area contributed by atoms with Gasteiger partial charge in [-0.3, -0.25) is 14.5 Å². The summed E-state index contributed by atoms with van der Waals surface area (Å²) in [5.41, 5.74) is 1.05. The maximum atomic E-state index is 13.5. The average molecular weight is 485 g/mol. The monoisotopic (exact) mass is 484 g/mol. The number of likely N-dealkylation sites (N-methyl/N-ethyl adjacent to an activating group) is 1. The van der Waals surface area contributed by atoms with Crippen LogP contribution in [0.4, 0.5) is 5.69 Å². The van der Waals surface area contributed by atoms with Crippen LogP contribution < -0.4 is 10.1 Å². The molecule has 3 atom stereocenters. The van der Waals surface area contributed by atoms with Crippen LogP contribution in [0.15, 0.2) is 28.8 Å². The highest BCUT2D eigenvalue weighted by atomic mass is 16.5. The number of benzene rings is 1. The summed E-state index contributed by atoms with van der Waals surface area (Å²) < 4.78 is 17.0. The van der Waals surface area contributed by atoms with Crippen LogP contribution in [0.5, 0.6) is 5.75 Å². The van der Waals surface area contributed by atoms with Crippen molar-refractivity contribution in [1.29, 1.82) is 0 Å². The summed E-state index contributed by atoms with van der Waals surface area (Å²) in [6.45, 7) is 8.93. The van der Waals surface area contributed by atoms with Gasteiger partial charge in [0.15, 0.2) is 5.69 Å². The van der Waals surface area contributed by atoms with E-state index in [1.807, 2.05) is 0 Å². The number of ether oxygens (including phenoxy) is 2. The van der Waals surface area contributed by atoms with Gasteiger partial charge in [0, 0.05) is 51.6 Å². The summed E-state index contributed by atoms with van der Waals surface area (Å²) in [5.74, 6) is 1.45. The molecule has 1 N–H and O–H groups in total. The van der Waals surface area contributed by atoms with Gasteiger partial charge in [-0.15, -0.1) is 0 Å². The van der Waals surface area contributed by atoms with Gasteiger partial charge in [0.1, 0.15) is 18.1 Å². The first-order chi connectivity index (χ1) is 16.7. The molecule has 0 radical (unpaired) electrons. The number of anilines is 1. The molecule has 2 amide bonds. The van der Waals surface area contributed by atoms with Crippen LogP contribution in [0.2, 0.25) is 0 Å². The molecule has 9 nitrogen and oxygen atoms in total. The van der Waals surface area contributed by atoms with E-state index in [4.69, 9.17) is 14.0 Å². The normalized spacial score (nSPS) is 24.2. The van der Waals surface area contributed by atoms with Crippen molar-refractivity contribution in [3.63, 3.8) is 0 Å². The van der Waals surface area contributed by atoms with Crippen molar-refractivity contribution < 1.29 is 23.6 Å². The largest absolute Gasteiger partial charge is 0.491 e. The smallest absolute Gasteiger partial charge is 0.277 e. The van der Waals surface area contributed by atoms with Crippen molar-refractivity contribution in [3.8, 4) is 5.75 Å². The molecule has 35 heavy (non-hydrogen) atoms. The summed E-state index contributed by atoms with van der Waals surface area (Å²) in [6.07, 6.45) is 2.48. The van der Waals surface area contributed by atoms with E-state index in [-0.39, 0.29) is 29.7 Å². The molecule has 0 bridgehead atoms. The van der Waals surface area contributed by atoms with Gasteiger partial charge in [-0.25, -0.2) is 0 Å². The molecular formula is C26H36N4O5. The maximum Gasteiger partial charge on any atom is 0.277 e. The van der Waals surface area contributed by atoms with E-state index in [0.29, 0.717) is 35.9 Å². The third kappa shape index (κ3) is 6.21. The van der Waals surface area contributed by atoms with Gasteiger partial charge < -0.3 is 24.2 Å². The Kier molecular flexibility index (Phi) is 7.76. The summed E-state index contributed by atoms with van der Waals surface area (Å²) in [5, 5.41) is 6.55. The van der Waals surface area contributed by atoms with Crippen molar-refractivity contribution in [1.82, 2.24) is 15.0 Å². The Morgan fingerprint density at radius 3 is 2.66 bits per heavy atom. The second-order valence-electron chi connectivity index (χ2n) is 9.98. The van der Waals surface area contributed by atoms with Crippen molar-refractivity contribution in [2.75, 3.05) is 45.7 Å². The molecule has 2 aliphatic rings. The van der Waals surface area contributed by atoms with E-state index in [9.17, 15) is 9.59 Å². The van der Waals surface area contributed by atoms with Crippen molar-refractivity contribution in [2.45, 2.75) is 45.8 Å². The van der Waals surface area contributed by atoms with Crippen LogP contribution in [0.3, 0.4) is 0 Å². The SMILES string of the molecule is CO[C@H]1CN(C)C(=O)c2cc(NC(=O)c3cc(C)on3)ccc2OC[C@H](C)N(CC2CC2)C[C@H]1C. The Morgan fingerprint density at radius 2 is 2.00 bits per heavy atom. The Labute approximate surface area is 206 Å². The minimum absolute atomic E-state index is 0.0973. The third-order valence-electron chi connectivity index (χ3n) is 6.88. The summed E-state index contributed by atoms with van der Waals surface area (Å²) in [6, 6.07) is 6.88. The van der Waals surface area contributed by atoms with Crippen LogP contribution >= 0.6 is 0 Å². The first-order valence-electron chi connectivity index (χ1n) is 12.3. The molecule has 2 aromatic rings. The minimum Gasteiger partial charge on any atom is -0.491 e. The van der Waals surface area contributed by atoms with Crippen LogP contribution in [0.25, 0.3) is 0 Å². The van der Waals surface area contributed by atoms with Crippen molar-refractivity contribution in [2.24, 2.45) is 11.8 Å². The van der Waals surface area contributed by atoms with E-state index in [0.717, 1.165) is 19.0 Å². The molecule has 9 heteroatoms. The molecule has 0 saturated heterocycles. The predicted octanol–water partition coefficient (Wildman–Crippen LogP) is 3.45. The Bertz CT molecular complexity index is 1050. The number of rotatable bonds is 5. The number of carbonyl (C=O) groups is 2. The minimum atomic E-state index is -0.408. The number of aromatic nitrogens is 1. The van der Waals surface area contributed by atoms with Crippen LogP contribution in [0, 0.1) is 18.8 Å². The highest BCUT2D eigenvalue weighted by Crippen LogP contribution is 2.32. The lowest BCUT2D eigenvalue weighted by Crippen LogP contribution is -2.47. The molecule has 1 aromatic heterocycles. The van der Waals surface area contributed by atoms with Gasteiger partial charge in [0.25, 0.3) is 11.8 Å². The Hall–Kier alpha value is -2.91. The summed E-state index contributed by atoms with van der Waals surface area (Å²) >= 11 is 0. The molecule has 1 aromatic carbocycles. The van der Waals surface area contributed by atoms with E-state index in [1.54, 1.807) is 50.2 Å². The molecule has 1 saturated carbocycles. The molecule has 1 aliphatic heterocycles. The second kappa shape index (κ2) is 10.8. The zero-order chi connectivity index (χ0) is 25.1. The number of aryl methyl sites for hydroxylation is 1. The van der Waals surface area contributed by atoms with Gasteiger partial charge >= 0.3 is 0 Å². The lowest BCUT2D eigenvalue weighted by atomic mass is 10.0. The van der Waals surface area contributed by atoms with E-state index < -0.39 is 5.91 Å². The van der Waals surface area contributed by atoms with Gasteiger partial charge in [-0.2, -0.15) is 0 Å². The Balaban J connectivity index is 1.60. The molecule has 0 spiro atoms. The standard InChI is InChI=1S/C26H36N4O5/c1-16-12-30(13-19-6-7-19)17(2)15-34-23-9-8-20(27-25(31)22-10-18(3)35-28-22)11-21(23)26(32)29(4)14-24(16)33-5/h8-11,16-17,19,24H,6-7,12-15H2,1-5H3,(H,27,31)/t16-,17+,24+/m1/s1. The zero-order valence-corrected chi connectivity index (χ0v) is 21.2. The van der Waals surface area contributed by atoms with E-state index in [2.05, 4.69) is 29.2 Å². The Morgan fingerprint density at radius 1 is 1.23 bits per heavy atom. The van der Waals surface area contributed by atoms with Gasteiger partial charge in [-0.05, 0) is 56.7 Å². The van der Waals surface area contributed by atoms with Crippen LogP contribution in [-0.2, 0) is 4.74 Å². The average Bonchev–Trinajstić information content (AvgIpc) is 3.55.